The van der Waals surface area contributed by atoms with Gasteiger partial charge in [0.05, 0.1) is 63.9 Å². The van der Waals surface area contributed by atoms with Crippen LogP contribution in [0.25, 0.3) is 0 Å². The Labute approximate surface area is 403 Å². The van der Waals surface area contributed by atoms with E-state index in [1.165, 1.54) is 28.4 Å². The average molecular weight is 959 g/mol. The summed E-state index contributed by atoms with van der Waals surface area (Å²) in [6.45, 7) is 11.8. The Morgan fingerprint density at radius 3 is 0.913 bits per heavy atom. The number of methoxy groups -OCH3 is 4. The number of aliphatic carboxylic acids is 1. The lowest BCUT2D eigenvalue weighted by Gasteiger charge is -2.30. The van der Waals surface area contributed by atoms with Gasteiger partial charge in [-0.25, -0.2) is 4.79 Å². The van der Waals surface area contributed by atoms with Crippen molar-refractivity contribution >= 4 is 81.7 Å². The van der Waals surface area contributed by atoms with Crippen molar-refractivity contribution < 1.29 is 62.4 Å². The molecule has 0 aliphatic heterocycles. The topological polar surface area (TPSA) is 240 Å². The molecular formula is C50H66N6O13. The SMILES string of the molecule is COC(=O)C(C)CN(CC(C)C(=O)OC)c1ccc(NC(=O)C(C)CN(CC(C)C(=O)Nc2ccc(N(CC(C)C(=O)OC)CC(C)C(=O)OC)cc2)c2ccc(NC(=O)/C=C/C(=O)O)cc2)cc1. The Hall–Kier alpha value is -7.44. The third kappa shape index (κ3) is 18.0. The van der Waals surface area contributed by atoms with Crippen LogP contribution in [0.15, 0.2) is 84.9 Å². The van der Waals surface area contributed by atoms with E-state index < -0.39 is 71.3 Å². The second-order valence-electron chi connectivity index (χ2n) is 17.0. The van der Waals surface area contributed by atoms with Gasteiger partial charge < -0.3 is 54.7 Å². The molecule has 0 spiro atoms. The fraction of sp³-hybridized carbons (Fsp3) is 0.440. The molecule has 0 saturated carbocycles. The van der Waals surface area contributed by atoms with Gasteiger partial charge >= 0.3 is 29.8 Å². The summed E-state index contributed by atoms with van der Waals surface area (Å²) in [5.41, 5.74) is 3.43. The molecule has 0 radical (unpaired) electrons. The third-order valence-electron chi connectivity index (χ3n) is 11.2. The molecule has 6 unspecified atom stereocenters. The highest BCUT2D eigenvalue weighted by atomic mass is 16.5. The minimum atomic E-state index is -1.27. The van der Waals surface area contributed by atoms with Gasteiger partial charge in [0.15, 0.2) is 0 Å². The van der Waals surface area contributed by atoms with E-state index in [4.69, 9.17) is 24.1 Å². The lowest BCUT2D eigenvalue weighted by atomic mass is 10.1. The highest BCUT2D eigenvalue weighted by molar-refractivity contribution is 6.02. The van der Waals surface area contributed by atoms with Gasteiger partial charge in [-0.05, 0) is 72.8 Å². The first-order valence-electron chi connectivity index (χ1n) is 22.4. The van der Waals surface area contributed by atoms with Gasteiger partial charge in [-0.1, -0.05) is 41.5 Å². The number of rotatable bonds is 26. The fourth-order valence-electron chi connectivity index (χ4n) is 7.24. The minimum Gasteiger partial charge on any atom is -0.478 e. The number of benzene rings is 3. The summed E-state index contributed by atoms with van der Waals surface area (Å²) in [6.07, 6.45) is 1.62. The van der Waals surface area contributed by atoms with Crippen molar-refractivity contribution in [2.45, 2.75) is 41.5 Å². The number of amides is 3. The van der Waals surface area contributed by atoms with Crippen molar-refractivity contribution in [2.24, 2.45) is 35.5 Å². The zero-order valence-corrected chi connectivity index (χ0v) is 41.0. The Morgan fingerprint density at radius 2 is 0.667 bits per heavy atom. The number of esters is 4. The van der Waals surface area contributed by atoms with Crippen LogP contribution in [0.2, 0.25) is 0 Å². The molecule has 3 amide bonds. The van der Waals surface area contributed by atoms with Crippen LogP contribution >= 0.6 is 0 Å². The van der Waals surface area contributed by atoms with Crippen molar-refractivity contribution in [3.8, 4) is 0 Å². The number of nitrogens with one attached hydrogen (secondary N) is 3. The predicted molar refractivity (Wildman–Crippen MR) is 262 cm³/mol. The van der Waals surface area contributed by atoms with E-state index in [1.807, 2.05) is 14.7 Å². The molecule has 0 aliphatic rings. The zero-order chi connectivity index (χ0) is 51.4. The number of carboxylic acids is 1. The zero-order valence-electron chi connectivity index (χ0n) is 41.0. The molecule has 4 N–H and O–H groups in total. The van der Waals surface area contributed by atoms with Crippen LogP contribution in [-0.2, 0) is 57.3 Å². The van der Waals surface area contributed by atoms with Crippen molar-refractivity contribution in [2.75, 3.05) is 98.4 Å². The smallest absolute Gasteiger partial charge is 0.328 e. The molecule has 3 aromatic carbocycles. The largest absolute Gasteiger partial charge is 0.478 e. The summed E-state index contributed by atoms with van der Waals surface area (Å²) >= 11 is 0. The lowest BCUT2D eigenvalue weighted by molar-refractivity contribution is -0.146. The molecule has 0 heterocycles. The molecule has 0 saturated heterocycles. The summed E-state index contributed by atoms with van der Waals surface area (Å²) in [5, 5.41) is 17.4. The standard InChI is InChI=1S/C50H66N6O13/c1-31(45(60)52-38-13-19-41(20-14-38)55(27-33(3)47(62)66-7)28-34(4)48(63)67-8)25-54(40-17-11-37(12-18-40)51-43(57)23-24-44(58)59)26-32(2)46(61)53-39-15-21-42(22-16-39)56(29-35(5)49(64)68-9)30-36(6)50(65)69-10/h11-24,31-36H,25-30H2,1-10H3,(H,51,57)(H,52,60)(H,53,61)(H,58,59)/b24-23+. The first-order valence-corrected chi connectivity index (χ1v) is 22.4. The van der Waals surface area contributed by atoms with Crippen LogP contribution in [0.4, 0.5) is 34.1 Å². The Bertz CT molecular complexity index is 2090. The van der Waals surface area contributed by atoms with Crippen molar-refractivity contribution in [3.63, 3.8) is 0 Å². The van der Waals surface area contributed by atoms with Crippen LogP contribution in [0.5, 0.6) is 0 Å². The summed E-state index contributed by atoms with van der Waals surface area (Å²) in [7, 11) is 5.25. The number of nitrogens with zero attached hydrogens (tertiary/aromatic N) is 3. The summed E-state index contributed by atoms with van der Waals surface area (Å²) in [4.78, 5) is 105. The lowest BCUT2D eigenvalue weighted by Crippen LogP contribution is -2.39. The first kappa shape index (κ1) is 55.9. The second kappa shape index (κ2) is 27.4. The highest BCUT2D eigenvalue weighted by Crippen LogP contribution is 2.26. The van der Waals surface area contributed by atoms with E-state index in [9.17, 15) is 38.4 Å². The molecule has 0 bridgehead atoms. The van der Waals surface area contributed by atoms with E-state index >= 15 is 0 Å². The van der Waals surface area contributed by atoms with E-state index in [0.717, 1.165) is 12.2 Å². The number of ether oxygens (including phenoxy) is 4. The first-order chi connectivity index (χ1) is 32.7. The molecule has 6 atom stereocenters. The Kier molecular flexibility index (Phi) is 22.2. The van der Waals surface area contributed by atoms with Crippen LogP contribution in [0, 0.1) is 35.5 Å². The van der Waals surface area contributed by atoms with E-state index in [0.29, 0.717) is 34.1 Å². The molecule has 0 aliphatic carbocycles. The van der Waals surface area contributed by atoms with Gasteiger partial charge in [-0.15, -0.1) is 0 Å². The van der Waals surface area contributed by atoms with Crippen LogP contribution < -0.4 is 30.7 Å². The van der Waals surface area contributed by atoms with Gasteiger partial charge in [0.2, 0.25) is 17.7 Å². The molecule has 374 valence electrons. The number of carbonyl (C=O) groups excluding carboxylic acids is 7. The van der Waals surface area contributed by atoms with Gasteiger partial charge in [-0.2, -0.15) is 0 Å². The van der Waals surface area contributed by atoms with Gasteiger partial charge in [0.25, 0.3) is 0 Å². The van der Waals surface area contributed by atoms with Crippen molar-refractivity contribution in [1.29, 1.82) is 0 Å². The Morgan fingerprint density at radius 1 is 0.420 bits per heavy atom. The van der Waals surface area contributed by atoms with Crippen molar-refractivity contribution in [3.05, 3.63) is 84.9 Å². The summed E-state index contributed by atoms with van der Waals surface area (Å²) in [5.74, 6) is -7.38. The second-order valence-corrected chi connectivity index (χ2v) is 17.0. The average Bonchev–Trinajstić information content (AvgIpc) is 3.34. The van der Waals surface area contributed by atoms with Crippen molar-refractivity contribution in [1.82, 2.24) is 0 Å². The molecule has 0 fully saturated rings. The molecule has 3 aromatic rings. The fourth-order valence-corrected chi connectivity index (χ4v) is 7.24. The van der Waals surface area contributed by atoms with Crippen LogP contribution in [0.1, 0.15) is 41.5 Å². The predicted octanol–water partition coefficient (Wildman–Crippen LogP) is 5.47. The number of carbonyl (C=O) groups is 8. The molecule has 69 heavy (non-hydrogen) atoms. The highest BCUT2D eigenvalue weighted by Gasteiger charge is 2.26. The number of hydrogen-bond donors (Lipinski definition) is 4. The van der Waals surface area contributed by atoms with Gasteiger partial charge in [0, 0.05) is 85.5 Å². The molecule has 0 aromatic heterocycles. The maximum Gasteiger partial charge on any atom is 0.328 e. The minimum absolute atomic E-state index is 0.164. The maximum absolute atomic E-state index is 13.8. The normalized spacial score (nSPS) is 13.5. The van der Waals surface area contributed by atoms with Crippen LogP contribution in [0.3, 0.4) is 0 Å². The summed E-state index contributed by atoms with van der Waals surface area (Å²) in [6, 6.07) is 20.7. The Balaban J connectivity index is 1.83. The number of anilines is 6. The maximum atomic E-state index is 13.8. The summed E-state index contributed by atoms with van der Waals surface area (Å²) < 4.78 is 19.7. The third-order valence-corrected chi connectivity index (χ3v) is 11.2. The van der Waals surface area contributed by atoms with E-state index in [2.05, 4.69) is 16.0 Å². The molecule has 3 rings (SSSR count). The van der Waals surface area contributed by atoms with Gasteiger partial charge in [-0.3, -0.25) is 33.6 Å². The molecule has 19 nitrogen and oxygen atoms in total. The number of hydrogen-bond acceptors (Lipinski definition) is 15. The molecular weight excluding hydrogens is 893 g/mol. The molecule has 19 heteroatoms. The van der Waals surface area contributed by atoms with Gasteiger partial charge in [0.1, 0.15) is 0 Å². The van der Waals surface area contributed by atoms with E-state index in [-0.39, 0.29) is 51.1 Å². The monoisotopic (exact) mass is 958 g/mol. The van der Waals surface area contributed by atoms with E-state index in [1.54, 1.807) is 114 Å². The quantitative estimate of drug-likeness (QED) is 0.0443. The van der Waals surface area contributed by atoms with Crippen LogP contribution in [-0.4, -0.2) is 120 Å². The number of carboxylic acid groups (broad SMARTS) is 1.